The number of sulfonamides is 1. The molecule has 0 heterocycles. The van der Waals surface area contributed by atoms with Crippen molar-refractivity contribution in [1.29, 1.82) is 0 Å². The lowest BCUT2D eigenvalue weighted by Crippen LogP contribution is -2.23. The topological polar surface area (TPSA) is 137 Å². The van der Waals surface area contributed by atoms with E-state index in [4.69, 9.17) is 9.47 Å². The molecule has 34 heavy (non-hydrogen) atoms. The monoisotopic (exact) mass is 485 g/mol. The maximum Gasteiger partial charge on any atom is 0.273 e. The molecule has 0 spiro atoms. The fourth-order valence-electron chi connectivity index (χ4n) is 3.23. The van der Waals surface area contributed by atoms with Crippen LogP contribution in [0.5, 0.6) is 11.5 Å². The van der Waals surface area contributed by atoms with E-state index in [0.29, 0.717) is 22.6 Å². The van der Waals surface area contributed by atoms with E-state index in [-0.39, 0.29) is 28.7 Å². The first-order valence-corrected chi connectivity index (χ1v) is 11.5. The Morgan fingerprint density at radius 2 is 1.74 bits per heavy atom. The second-order valence-corrected chi connectivity index (χ2v) is 8.91. The molecule has 0 aliphatic rings. The van der Waals surface area contributed by atoms with E-state index in [1.807, 2.05) is 0 Å². The first-order chi connectivity index (χ1) is 16.2. The summed E-state index contributed by atoms with van der Waals surface area (Å²) in [6.07, 6.45) is 0. The number of hydrogen-bond acceptors (Lipinski definition) is 7. The minimum atomic E-state index is -4.06. The van der Waals surface area contributed by atoms with Crippen LogP contribution in [0.25, 0.3) is 0 Å². The largest absolute Gasteiger partial charge is 0.493 e. The lowest BCUT2D eigenvalue weighted by Gasteiger charge is -2.13. The summed E-state index contributed by atoms with van der Waals surface area (Å²) in [5.74, 6) is 0.699. The number of ether oxygens (including phenoxy) is 2. The number of nitro benzene ring substituents is 1. The highest BCUT2D eigenvalue weighted by molar-refractivity contribution is 7.92. The first kappa shape index (κ1) is 24.5. The molecular weight excluding hydrogens is 462 g/mol. The quantitative estimate of drug-likeness (QED) is 0.349. The average Bonchev–Trinajstić information content (AvgIpc) is 2.82. The molecule has 0 saturated carbocycles. The molecule has 0 unspecified atom stereocenters. The molecule has 11 heteroatoms. The number of benzene rings is 3. The summed E-state index contributed by atoms with van der Waals surface area (Å²) in [5, 5.41) is 13.9. The van der Waals surface area contributed by atoms with Crippen molar-refractivity contribution >= 4 is 27.3 Å². The number of nitrogens with zero attached hydrogens (tertiary/aromatic N) is 1. The van der Waals surface area contributed by atoms with E-state index < -0.39 is 14.9 Å². The van der Waals surface area contributed by atoms with Gasteiger partial charge in [-0.1, -0.05) is 18.2 Å². The number of para-hydroxylation sites is 1. The molecule has 1 amide bonds. The van der Waals surface area contributed by atoms with Crippen molar-refractivity contribution in [2.75, 3.05) is 18.9 Å². The van der Waals surface area contributed by atoms with E-state index in [1.54, 1.807) is 18.2 Å². The van der Waals surface area contributed by atoms with Gasteiger partial charge in [-0.3, -0.25) is 19.6 Å². The van der Waals surface area contributed by atoms with Gasteiger partial charge in [0.1, 0.15) is 0 Å². The summed E-state index contributed by atoms with van der Waals surface area (Å²) < 4.78 is 38.2. The molecule has 0 fully saturated rings. The first-order valence-electron chi connectivity index (χ1n) is 10.0. The van der Waals surface area contributed by atoms with E-state index in [0.717, 1.165) is 11.6 Å². The number of carbonyl (C=O) groups excluding carboxylic acids is 1. The fourth-order valence-corrected chi connectivity index (χ4v) is 4.31. The SMILES string of the molecule is COc1cccc(CNC(=O)c2ccc(NS(=O)(=O)c3ccc(C)c([N+](=O)[O-])c3)cc2)c1OC. The number of carbonyl (C=O) groups is 1. The molecule has 0 saturated heterocycles. The normalized spacial score (nSPS) is 10.9. The Hall–Kier alpha value is -4.12. The molecule has 0 atom stereocenters. The molecule has 3 aromatic rings. The van der Waals surface area contributed by atoms with Gasteiger partial charge in [-0.25, -0.2) is 8.42 Å². The van der Waals surface area contributed by atoms with E-state index >= 15 is 0 Å². The molecule has 3 aromatic carbocycles. The summed E-state index contributed by atoms with van der Waals surface area (Å²) >= 11 is 0. The van der Waals surface area contributed by atoms with Crippen LogP contribution in [0, 0.1) is 17.0 Å². The van der Waals surface area contributed by atoms with Crippen molar-refractivity contribution in [2.45, 2.75) is 18.4 Å². The van der Waals surface area contributed by atoms with Crippen LogP contribution in [0.3, 0.4) is 0 Å². The Balaban J connectivity index is 1.70. The average molecular weight is 486 g/mol. The lowest BCUT2D eigenvalue weighted by molar-refractivity contribution is -0.385. The van der Waals surface area contributed by atoms with Gasteiger partial charge in [0.25, 0.3) is 21.6 Å². The Labute approximate surface area is 196 Å². The van der Waals surface area contributed by atoms with Crippen molar-refractivity contribution in [3.63, 3.8) is 0 Å². The van der Waals surface area contributed by atoms with E-state index in [1.165, 1.54) is 57.5 Å². The smallest absolute Gasteiger partial charge is 0.273 e. The predicted octanol–water partition coefficient (Wildman–Crippen LogP) is 3.65. The van der Waals surface area contributed by atoms with Gasteiger partial charge in [-0.15, -0.1) is 0 Å². The summed E-state index contributed by atoms with van der Waals surface area (Å²) in [6.45, 7) is 1.72. The van der Waals surface area contributed by atoms with Gasteiger partial charge in [0.15, 0.2) is 11.5 Å². The van der Waals surface area contributed by atoms with Crippen molar-refractivity contribution in [3.8, 4) is 11.5 Å². The van der Waals surface area contributed by atoms with Gasteiger partial charge in [-0.05, 0) is 43.3 Å². The molecule has 0 aliphatic carbocycles. The Morgan fingerprint density at radius 1 is 1.03 bits per heavy atom. The zero-order chi connectivity index (χ0) is 24.9. The Kier molecular flexibility index (Phi) is 7.37. The third-order valence-corrected chi connectivity index (χ3v) is 6.39. The van der Waals surface area contributed by atoms with Crippen LogP contribution in [0.2, 0.25) is 0 Å². The highest BCUT2D eigenvalue weighted by Crippen LogP contribution is 2.30. The summed E-state index contributed by atoms with van der Waals surface area (Å²) in [5.41, 5.74) is 1.31. The lowest BCUT2D eigenvalue weighted by atomic mass is 10.1. The maximum atomic E-state index is 12.6. The number of anilines is 1. The van der Waals surface area contributed by atoms with Crippen LogP contribution in [0.4, 0.5) is 11.4 Å². The van der Waals surface area contributed by atoms with Crippen molar-refractivity contribution in [2.24, 2.45) is 0 Å². The number of methoxy groups -OCH3 is 2. The minimum Gasteiger partial charge on any atom is -0.493 e. The van der Waals surface area contributed by atoms with E-state index in [9.17, 15) is 23.3 Å². The molecule has 178 valence electrons. The maximum absolute atomic E-state index is 12.6. The van der Waals surface area contributed by atoms with Crippen LogP contribution in [-0.4, -0.2) is 33.5 Å². The third kappa shape index (κ3) is 5.44. The number of hydrogen-bond donors (Lipinski definition) is 2. The third-order valence-electron chi connectivity index (χ3n) is 5.01. The van der Waals surface area contributed by atoms with Gasteiger partial charge >= 0.3 is 0 Å². The van der Waals surface area contributed by atoms with Gasteiger partial charge in [-0.2, -0.15) is 0 Å². The standard InChI is InChI=1S/C23H23N3O7S/c1-15-7-12-19(13-20(15)26(28)29)34(30,31)25-18-10-8-16(9-11-18)23(27)24-14-17-5-4-6-21(32-2)22(17)33-3/h4-13,25H,14H2,1-3H3,(H,24,27). The van der Waals surface area contributed by atoms with Crippen molar-refractivity contribution in [1.82, 2.24) is 5.32 Å². The molecule has 0 bridgehead atoms. The number of amides is 1. The predicted molar refractivity (Wildman–Crippen MR) is 126 cm³/mol. The Morgan fingerprint density at radius 3 is 2.35 bits per heavy atom. The number of nitrogens with one attached hydrogen (secondary N) is 2. The number of nitro groups is 1. The summed E-state index contributed by atoms with van der Waals surface area (Å²) in [7, 11) is -1.03. The highest BCUT2D eigenvalue weighted by Gasteiger charge is 2.20. The molecule has 3 rings (SSSR count). The minimum absolute atomic E-state index is 0.194. The molecule has 0 radical (unpaired) electrons. The molecular formula is C23H23N3O7S. The highest BCUT2D eigenvalue weighted by atomic mass is 32.2. The second kappa shape index (κ2) is 10.2. The van der Waals surface area contributed by atoms with Gasteiger partial charge in [0.05, 0.1) is 24.0 Å². The fraction of sp³-hybridized carbons (Fsp3) is 0.174. The van der Waals surface area contributed by atoms with Gasteiger partial charge < -0.3 is 14.8 Å². The zero-order valence-electron chi connectivity index (χ0n) is 18.7. The van der Waals surface area contributed by atoms with Crippen LogP contribution in [-0.2, 0) is 16.6 Å². The van der Waals surface area contributed by atoms with Crippen molar-refractivity contribution in [3.05, 3.63) is 87.5 Å². The van der Waals surface area contributed by atoms with Crippen LogP contribution in [0.1, 0.15) is 21.5 Å². The zero-order valence-corrected chi connectivity index (χ0v) is 19.5. The Bertz CT molecular complexity index is 1320. The molecule has 10 nitrogen and oxygen atoms in total. The van der Waals surface area contributed by atoms with E-state index in [2.05, 4.69) is 10.0 Å². The second-order valence-electron chi connectivity index (χ2n) is 7.22. The van der Waals surface area contributed by atoms with Crippen LogP contribution < -0.4 is 19.5 Å². The van der Waals surface area contributed by atoms with Crippen LogP contribution in [0.15, 0.2) is 65.6 Å². The number of aryl methyl sites for hydroxylation is 1. The van der Waals surface area contributed by atoms with Crippen molar-refractivity contribution < 1.29 is 27.6 Å². The summed E-state index contributed by atoms with van der Waals surface area (Å²) in [4.78, 5) is 22.8. The molecule has 0 aromatic heterocycles. The van der Waals surface area contributed by atoms with Crippen LogP contribution >= 0.6 is 0 Å². The van der Waals surface area contributed by atoms with Gasteiger partial charge in [0, 0.05) is 35.0 Å². The summed E-state index contributed by atoms with van der Waals surface area (Å²) in [6, 6.07) is 14.8. The number of rotatable bonds is 9. The van der Waals surface area contributed by atoms with Gasteiger partial charge in [0.2, 0.25) is 0 Å². The molecule has 2 N–H and O–H groups in total. The molecule has 0 aliphatic heterocycles.